The van der Waals surface area contributed by atoms with Gasteiger partial charge in [-0.3, -0.25) is 0 Å². The monoisotopic (exact) mass is 266 g/mol. The van der Waals surface area contributed by atoms with Crippen molar-refractivity contribution in [3.8, 4) is 0 Å². The first-order valence-electron chi connectivity index (χ1n) is 5.39. The van der Waals surface area contributed by atoms with Crippen molar-refractivity contribution < 1.29 is 34.4 Å². The van der Waals surface area contributed by atoms with E-state index in [-0.39, 0.29) is 23.7 Å². The van der Waals surface area contributed by atoms with E-state index >= 15 is 0 Å². The standard InChI is InChI=1S/C12H10O7/c13-10(14)6-1-2-7(11(15)16)9(12(17)18)8(6)3-5-4-19-5/h1-2,5H,3-4H2,(H,13,14)(H,15,16)(H,17,18). The average Bonchev–Trinajstić information content (AvgIpc) is 3.11. The summed E-state index contributed by atoms with van der Waals surface area (Å²) in [6, 6.07) is 2.10. The van der Waals surface area contributed by atoms with E-state index in [4.69, 9.17) is 20.1 Å². The molecule has 1 aromatic rings. The topological polar surface area (TPSA) is 124 Å². The smallest absolute Gasteiger partial charge is 0.336 e. The van der Waals surface area contributed by atoms with Gasteiger partial charge < -0.3 is 20.1 Å². The highest BCUT2D eigenvalue weighted by Gasteiger charge is 2.31. The van der Waals surface area contributed by atoms with Crippen molar-refractivity contribution in [3.05, 3.63) is 34.4 Å². The molecule has 100 valence electrons. The van der Waals surface area contributed by atoms with E-state index in [1.54, 1.807) is 0 Å². The quantitative estimate of drug-likeness (QED) is 0.670. The maximum absolute atomic E-state index is 11.2. The molecule has 1 heterocycles. The van der Waals surface area contributed by atoms with Crippen molar-refractivity contribution >= 4 is 17.9 Å². The summed E-state index contributed by atoms with van der Waals surface area (Å²) in [6.07, 6.45) is -0.176. The Bertz CT molecular complexity index is 572. The Morgan fingerprint density at radius 2 is 1.58 bits per heavy atom. The Morgan fingerprint density at radius 1 is 1.05 bits per heavy atom. The van der Waals surface area contributed by atoms with Gasteiger partial charge in [-0.1, -0.05) is 0 Å². The molecule has 1 atom stereocenters. The summed E-state index contributed by atoms with van der Waals surface area (Å²) < 4.78 is 4.95. The Kier molecular flexibility index (Phi) is 3.22. The molecule has 1 unspecified atom stereocenters. The van der Waals surface area contributed by atoms with E-state index in [0.29, 0.717) is 6.61 Å². The van der Waals surface area contributed by atoms with Gasteiger partial charge in [-0.05, 0) is 17.7 Å². The molecule has 1 fully saturated rings. The van der Waals surface area contributed by atoms with Crippen molar-refractivity contribution in [3.63, 3.8) is 0 Å². The second-order valence-electron chi connectivity index (χ2n) is 4.09. The predicted molar refractivity (Wildman–Crippen MR) is 60.8 cm³/mol. The van der Waals surface area contributed by atoms with Crippen molar-refractivity contribution in [2.24, 2.45) is 0 Å². The number of carboxylic acids is 3. The number of aromatic carboxylic acids is 3. The Morgan fingerprint density at radius 3 is 2.00 bits per heavy atom. The largest absolute Gasteiger partial charge is 0.478 e. The highest BCUT2D eigenvalue weighted by Crippen LogP contribution is 2.25. The van der Waals surface area contributed by atoms with Crippen LogP contribution in [0.25, 0.3) is 0 Å². The Labute approximate surface area is 107 Å². The van der Waals surface area contributed by atoms with Gasteiger partial charge in [0, 0.05) is 6.42 Å². The minimum absolute atomic E-state index is 0.0117. The normalized spacial score (nSPS) is 16.9. The third-order valence-electron chi connectivity index (χ3n) is 2.82. The molecule has 7 heteroatoms. The third kappa shape index (κ3) is 2.55. The molecule has 0 aliphatic carbocycles. The van der Waals surface area contributed by atoms with Gasteiger partial charge in [-0.25, -0.2) is 14.4 Å². The van der Waals surface area contributed by atoms with Crippen LogP contribution in [0.15, 0.2) is 12.1 Å². The fraction of sp³-hybridized carbons (Fsp3) is 0.250. The predicted octanol–water partition coefficient (Wildman–Crippen LogP) is 0.723. The zero-order chi connectivity index (χ0) is 14.2. The van der Waals surface area contributed by atoms with Crippen molar-refractivity contribution in [2.75, 3.05) is 6.61 Å². The molecule has 0 spiro atoms. The number of carboxylic acid groups (broad SMARTS) is 3. The van der Waals surface area contributed by atoms with Crippen LogP contribution in [0.2, 0.25) is 0 Å². The summed E-state index contributed by atoms with van der Waals surface area (Å²) in [7, 11) is 0. The molecule has 1 aliphatic heterocycles. The second kappa shape index (κ2) is 4.69. The molecule has 0 saturated carbocycles. The maximum Gasteiger partial charge on any atom is 0.336 e. The van der Waals surface area contributed by atoms with Gasteiger partial charge in [0.05, 0.1) is 29.4 Å². The van der Waals surface area contributed by atoms with Gasteiger partial charge in [0.15, 0.2) is 0 Å². The number of rotatable bonds is 5. The van der Waals surface area contributed by atoms with Crippen LogP contribution in [0.1, 0.15) is 36.6 Å². The maximum atomic E-state index is 11.2. The summed E-state index contributed by atoms with van der Waals surface area (Å²) in [4.78, 5) is 33.3. The lowest BCUT2D eigenvalue weighted by atomic mass is 9.92. The van der Waals surface area contributed by atoms with Gasteiger partial charge in [-0.2, -0.15) is 0 Å². The third-order valence-corrected chi connectivity index (χ3v) is 2.82. The van der Waals surface area contributed by atoms with Crippen LogP contribution >= 0.6 is 0 Å². The van der Waals surface area contributed by atoms with Gasteiger partial charge in [0.2, 0.25) is 0 Å². The number of carbonyl (C=O) groups is 3. The van der Waals surface area contributed by atoms with Crippen molar-refractivity contribution in [1.29, 1.82) is 0 Å². The molecule has 1 aliphatic rings. The summed E-state index contributed by atoms with van der Waals surface area (Å²) in [6.45, 7) is 0.412. The summed E-state index contributed by atoms with van der Waals surface area (Å²) in [5, 5.41) is 27.2. The molecule has 0 bridgehead atoms. The lowest BCUT2D eigenvalue weighted by Gasteiger charge is -2.11. The van der Waals surface area contributed by atoms with Crippen LogP contribution in [0.4, 0.5) is 0 Å². The van der Waals surface area contributed by atoms with E-state index in [0.717, 1.165) is 12.1 Å². The Balaban J connectivity index is 2.65. The molecule has 0 aromatic heterocycles. The molecule has 1 saturated heterocycles. The van der Waals surface area contributed by atoms with Crippen LogP contribution < -0.4 is 0 Å². The van der Waals surface area contributed by atoms with Crippen molar-refractivity contribution in [1.82, 2.24) is 0 Å². The minimum Gasteiger partial charge on any atom is -0.478 e. The molecule has 7 nitrogen and oxygen atoms in total. The van der Waals surface area contributed by atoms with Gasteiger partial charge >= 0.3 is 17.9 Å². The molecule has 19 heavy (non-hydrogen) atoms. The van der Waals surface area contributed by atoms with Crippen LogP contribution in [-0.4, -0.2) is 45.9 Å². The summed E-state index contributed by atoms with van der Waals surface area (Å²) in [5.41, 5.74) is -1.13. The number of hydrogen-bond acceptors (Lipinski definition) is 4. The van der Waals surface area contributed by atoms with Crippen LogP contribution in [0.3, 0.4) is 0 Å². The number of ether oxygens (including phenoxy) is 1. The second-order valence-corrected chi connectivity index (χ2v) is 4.09. The fourth-order valence-electron chi connectivity index (χ4n) is 1.90. The number of hydrogen-bond donors (Lipinski definition) is 3. The zero-order valence-corrected chi connectivity index (χ0v) is 9.62. The van der Waals surface area contributed by atoms with Gasteiger partial charge in [0.25, 0.3) is 0 Å². The van der Waals surface area contributed by atoms with Crippen LogP contribution in [-0.2, 0) is 11.2 Å². The average molecular weight is 266 g/mol. The molecule has 2 rings (SSSR count). The molecular formula is C12H10O7. The summed E-state index contributed by atoms with van der Waals surface area (Å²) in [5.74, 6) is -4.17. The Hall–Kier alpha value is -2.41. The van der Waals surface area contributed by atoms with E-state index in [1.165, 1.54) is 0 Å². The van der Waals surface area contributed by atoms with E-state index in [9.17, 15) is 14.4 Å². The number of epoxide rings is 1. The van der Waals surface area contributed by atoms with E-state index < -0.39 is 29.0 Å². The first kappa shape index (κ1) is 13.0. The van der Waals surface area contributed by atoms with Crippen molar-refractivity contribution in [2.45, 2.75) is 12.5 Å². The fourth-order valence-corrected chi connectivity index (χ4v) is 1.90. The van der Waals surface area contributed by atoms with Crippen LogP contribution in [0.5, 0.6) is 0 Å². The molecule has 3 N–H and O–H groups in total. The minimum atomic E-state index is -1.46. The van der Waals surface area contributed by atoms with E-state index in [2.05, 4.69) is 0 Å². The van der Waals surface area contributed by atoms with Crippen LogP contribution in [0, 0.1) is 0 Å². The highest BCUT2D eigenvalue weighted by atomic mass is 16.6. The zero-order valence-electron chi connectivity index (χ0n) is 9.62. The van der Waals surface area contributed by atoms with Gasteiger partial charge in [-0.15, -0.1) is 0 Å². The first-order chi connectivity index (χ1) is 8.91. The molecule has 0 radical (unpaired) electrons. The molecule has 0 amide bonds. The summed E-state index contributed by atoms with van der Waals surface area (Å²) >= 11 is 0. The lowest BCUT2D eigenvalue weighted by Crippen LogP contribution is -2.17. The molecular weight excluding hydrogens is 256 g/mol. The lowest BCUT2D eigenvalue weighted by molar-refractivity contribution is 0.0647. The highest BCUT2D eigenvalue weighted by molar-refractivity contribution is 6.05. The number of benzene rings is 1. The SMILES string of the molecule is O=C(O)c1ccc(C(=O)O)c(C(=O)O)c1CC1CO1. The molecule has 1 aromatic carbocycles. The van der Waals surface area contributed by atoms with E-state index in [1.807, 2.05) is 0 Å². The first-order valence-corrected chi connectivity index (χ1v) is 5.39. The van der Waals surface area contributed by atoms with Gasteiger partial charge in [0.1, 0.15) is 0 Å².